The highest BCUT2D eigenvalue weighted by atomic mass is 35.5. The number of nitrogens with one attached hydrogen (secondary N) is 2. The summed E-state index contributed by atoms with van der Waals surface area (Å²) < 4.78 is 5.43. The lowest BCUT2D eigenvalue weighted by atomic mass is 10.1. The van der Waals surface area contributed by atoms with Crippen molar-refractivity contribution in [3.63, 3.8) is 0 Å². The molecule has 0 spiro atoms. The van der Waals surface area contributed by atoms with Gasteiger partial charge in [-0.25, -0.2) is 0 Å². The Morgan fingerprint density at radius 1 is 0.800 bits per heavy atom. The lowest BCUT2D eigenvalue weighted by Crippen LogP contribution is -2.30. The Labute approximate surface area is 238 Å². The molecule has 0 fully saturated rings. The summed E-state index contributed by atoms with van der Waals surface area (Å²) in [6.45, 7) is 2.51. The number of rotatable bonds is 10. The van der Waals surface area contributed by atoms with Crippen LogP contribution in [0.25, 0.3) is 12.2 Å². The van der Waals surface area contributed by atoms with Gasteiger partial charge < -0.3 is 15.4 Å². The molecule has 200 valence electrons. The molecule has 2 N–H and O–H groups in total. The van der Waals surface area contributed by atoms with E-state index in [1.54, 1.807) is 84.9 Å². The Kier molecular flexibility index (Phi) is 9.64. The second kappa shape index (κ2) is 13.7. The van der Waals surface area contributed by atoms with E-state index in [1.807, 2.05) is 31.2 Å². The second-order valence-electron chi connectivity index (χ2n) is 8.63. The van der Waals surface area contributed by atoms with Crippen LogP contribution in [0.1, 0.15) is 38.8 Å². The van der Waals surface area contributed by atoms with Crippen molar-refractivity contribution in [2.24, 2.45) is 0 Å². The van der Waals surface area contributed by atoms with E-state index in [4.69, 9.17) is 16.3 Å². The third kappa shape index (κ3) is 7.79. The zero-order valence-electron chi connectivity index (χ0n) is 21.8. The molecule has 0 radical (unpaired) electrons. The summed E-state index contributed by atoms with van der Waals surface area (Å²) in [6.07, 6.45) is 4.74. The average molecular weight is 551 g/mol. The Balaban J connectivity index is 1.46. The molecule has 0 aliphatic heterocycles. The molecule has 0 saturated carbocycles. The molecule has 4 rings (SSSR count). The summed E-state index contributed by atoms with van der Waals surface area (Å²) in [5, 5.41) is 5.89. The average Bonchev–Trinajstić information content (AvgIpc) is 2.98. The third-order valence-electron chi connectivity index (χ3n) is 5.78. The van der Waals surface area contributed by atoms with E-state index in [9.17, 15) is 14.4 Å². The number of benzene rings is 4. The van der Waals surface area contributed by atoms with Crippen LogP contribution in [0.2, 0.25) is 5.02 Å². The van der Waals surface area contributed by atoms with Gasteiger partial charge >= 0.3 is 0 Å². The summed E-state index contributed by atoms with van der Waals surface area (Å²) in [5.41, 5.74) is 2.78. The first kappa shape index (κ1) is 28.1. The molecule has 40 heavy (non-hydrogen) atoms. The minimum absolute atomic E-state index is 0.0143. The van der Waals surface area contributed by atoms with Crippen LogP contribution >= 0.6 is 11.6 Å². The number of hydrogen-bond acceptors (Lipinski definition) is 4. The molecular weight excluding hydrogens is 524 g/mol. The van der Waals surface area contributed by atoms with E-state index in [2.05, 4.69) is 10.6 Å². The van der Waals surface area contributed by atoms with Crippen LogP contribution in [0.3, 0.4) is 0 Å². The first-order valence-electron chi connectivity index (χ1n) is 12.6. The van der Waals surface area contributed by atoms with E-state index >= 15 is 0 Å². The van der Waals surface area contributed by atoms with Gasteiger partial charge in [-0.1, -0.05) is 66.2 Å². The Morgan fingerprint density at radius 3 is 2.15 bits per heavy atom. The lowest BCUT2D eigenvalue weighted by molar-refractivity contribution is -0.113. The fraction of sp³-hybridized carbons (Fsp3) is 0.0606. The van der Waals surface area contributed by atoms with Gasteiger partial charge in [0.05, 0.1) is 6.61 Å². The zero-order valence-corrected chi connectivity index (χ0v) is 22.5. The fourth-order valence-corrected chi connectivity index (χ4v) is 3.91. The number of allylic oxidation sites excluding steroid dienone is 1. The predicted octanol–water partition coefficient (Wildman–Crippen LogP) is 7.04. The van der Waals surface area contributed by atoms with Gasteiger partial charge in [-0.15, -0.1) is 0 Å². The molecule has 0 aliphatic rings. The normalized spacial score (nSPS) is 11.2. The van der Waals surface area contributed by atoms with Gasteiger partial charge in [0.2, 0.25) is 0 Å². The predicted molar refractivity (Wildman–Crippen MR) is 159 cm³/mol. The van der Waals surface area contributed by atoms with Crippen molar-refractivity contribution in [3.05, 3.63) is 142 Å². The van der Waals surface area contributed by atoms with Crippen molar-refractivity contribution in [2.45, 2.75) is 6.92 Å². The monoisotopic (exact) mass is 550 g/mol. The number of ketones is 1. The molecule has 7 heteroatoms. The smallest absolute Gasteiger partial charge is 0.272 e. The van der Waals surface area contributed by atoms with Gasteiger partial charge in [0.25, 0.3) is 11.8 Å². The molecule has 0 aromatic heterocycles. The van der Waals surface area contributed by atoms with Crippen LogP contribution < -0.4 is 15.4 Å². The Morgan fingerprint density at radius 2 is 1.48 bits per heavy atom. The summed E-state index contributed by atoms with van der Waals surface area (Å²) in [6, 6.07) is 29.5. The number of halogens is 1. The zero-order chi connectivity index (χ0) is 28.3. The van der Waals surface area contributed by atoms with Gasteiger partial charge in [0.1, 0.15) is 11.4 Å². The van der Waals surface area contributed by atoms with Crippen LogP contribution in [0.4, 0.5) is 5.69 Å². The van der Waals surface area contributed by atoms with Crippen LogP contribution in [0.15, 0.2) is 115 Å². The van der Waals surface area contributed by atoms with Gasteiger partial charge in [-0.05, 0) is 84.8 Å². The number of anilines is 1. The summed E-state index contributed by atoms with van der Waals surface area (Å²) in [5.74, 6) is -0.387. The Hall–Kier alpha value is -4.94. The number of ether oxygens (including phenoxy) is 1. The molecule has 0 atom stereocenters. The van der Waals surface area contributed by atoms with Crippen LogP contribution in [-0.4, -0.2) is 24.2 Å². The molecule has 4 aromatic carbocycles. The molecule has 6 nitrogen and oxygen atoms in total. The van der Waals surface area contributed by atoms with Crippen molar-refractivity contribution >= 4 is 47.0 Å². The first-order valence-corrected chi connectivity index (χ1v) is 13.0. The first-order chi connectivity index (χ1) is 19.4. The summed E-state index contributed by atoms with van der Waals surface area (Å²) >= 11 is 6.29. The molecule has 0 aliphatic carbocycles. The highest BCUT2D eigenvalue weighted by molar-refractivity contribution is 6.32. The van der Waals surface area contributed by atoms with Crippen molar-refractivity contribution in [1.29, 1.82) is 0 Å². The highest BCUT2D eigenvalue weighted by Gasteiger charge is 2.16. The topological polar surface area (TPSA) is 84.5 Å². The number of amides is 2. The molecule has 0 heterocycles. The largest absolute Gasteiger partial charge is 0.494 e. The van der Waals surface area contributed by atoms with E-state index in [-0.39, 0.29) is 11.5 Å². The third-order valence-corrected chi connectivity index (χ3v) is 6.12. The van der Waals surface area contributed by atoms with Gasteiger partial charge in [0.15, 0.2) is 5.78 Å². The molecule has 0 bridgehead atoms. The van der Waals surface area contributed by atoms with Gasteiger partial charge in [-0.2, -0.15) is 0 Å². The van der Waals surface area contributed by atoms with E-state index in [1.165, 1.54) is 12.2 Å². The van der Waals surface area contributed by atoms with Crippen LogP contribution in [0.5, 0.6) is 5.75 Å². The van der Waals surface area contributed by atoms with E-state index in [0.717, 1.165) is 11.3 Å². The molecule has 0 unspecified atom stereocenters. The minimum atomic E-state index is -0.543. The maximum Gasteiger partial charge on any atom is 0.272 e. The van der Waals surface area contributed by atoms with Crippen molar-refractivity contribution in [1.82, 2.24) is 5.32 Å². The second-order valence-corrected chi connectivity index (χ2v) is 9.04. The Bertz CT molecular complexity index is 1540. The van der Waals surface area contributed by atoms with E-state index in [0.29, 0.717) is 34.0 Å². The SMILES string of the molecule is CCOc1ccc(/C=C/C(=O)c2ccc(NC(=O)/C(=C/c3ccccc3Cl)NC(=O)c3ccccc3)cc2)cc1. The summed E-state index contributed by atoms with van der Waals surface area (Å²) in [7, 11) is 0. The molecule has 0 saturated heterocycles. The quantitative estimate of drug-likeness (QED) is 0.164. The maximum atomic E-state index is 13.2. The van der Waals surface area contributed by atoms with E-state index < -0.39 is 11.8 Å². The number of hydrogen-bond donors (Lipinski definition) is 2. The number of carbonyl (C=O) groups excluding carboxylic acids is 3. The molecule has 2 amide bonds. The number of carbonyl (C=O) groups is 3. The minimum Gasteiger partial charge on any atom is -0.494 e. The van der Waals surface area contributed by atoms with Crippen LogP contribution in [-0.2, 0) is 4.79 Å². The standard InChI is InChI=1S/C33H27ClN2O4/c1-2-40-28-19-12-23(13-20-28)14-21-31(37)24-15-17-27(18-16-24)35-33(39)30(22-26-10-6-7-11-29(26)34)36-32(38)25-8-4-3-5-9-25/h3-22H,2H2,1H3,(H,35,39)(H,36,38)/b21-14+,30-22-. The maximum absolute atomic E-state index is 13.2. The highest BCUT2D eigenvalue weighted by Crippen LogP contribution is 2.19. The van der Waals surface area contributed by atoms with Gasteiger partial charge in [0, 0.05) is 21.8 Å². The van der Waals surface area contributed by atoms with Crippen molar-refractivity contribution in [2.75, 3.05) is 11.9 Å². The summed E-state index contributed by atoms with van der Waals surface area (Å²) in [4.78, 5) is 38.7. The molecule has 4 aromatic rings. The van der Waals surface area contributed by atoms with Crippen molar-refractivity contribution in [3.8, 4) is 5.75 Å². The molecular formula is C33H27ClN2O4. The fourth-order valence-electron chi connectivity index (χ4n) is 3.72. The van der Waals surface area contributed by atoms with Crippen LogP contribution in [0, 0.1) is 0 Å². The van der Waals surface area contributed by atoms with Gasteiger partial charge in [-0.3, -0.25) is 14.4 Å². The lowest BCUT2D eigenvalue weighted by Gasteiger charge is -2.12. The van der Waals surface area contributed by atoms with Crippen molar-refractivity contribution < 1.29 is 19.1 Å².